The maximum atomic E-state index is 12.8. The fraction of sp³-hybridized carbons (Fsp3) is 0.429. The predicted octanol–water partition coefficient (Wildman–Crippen LogP) is 3.98. The van der Waals surface area contributed by atoms with E-state index in [4.69, 9.17) is 4.74 Å². The van der Waals surface area contributed by atoms with Crippen LogP contribution in [0.15, 0.2) is 42.6 Å². The molecule has 1 saturated carbocycles. The Morgan fingerprint density at radius 1 is 1.22 bits per heavy atom. The van der Waals surface area contributed by atoms with Gasteiger partial charge >= 0.3 is 5.97 Å². The van der Waals surface area contributed by atoms with Crippen molar-refractivity contribution in [3.63, 3.8) is 0 Å². The monoisotopic (exact) mass is 491 g/mol. The van der Waals surface area contributed by atoms with Crippen molar-refractivity contribution in [2.45, 2.75) is 63.0 Å². The second-order valence-corrected chi connectivity index (χ2v) is 10.7. The van der Waals surface area contributed by atoms with Gasteiger partial charge in [0.25, 0.3) is 0 Å². The van der Waals surface area contributed by atoms with Gasteiger partial charge in [0.1, 0.15) is 18.5 Å². The number of aromatic carboxylic acids is 1. The number of benzene rings is 2. The van der Waals surface area contributed by atoms with Crippen molar-refractivity contribution in [2.24, 2.45) is 0 Å². The van der Waals surface area contributed by atoms with Gasteiger partial charge < -0.3 is 30.6 Å². The van der Waals surface area contributed by atoms with Crippen molar-refractivity contribution in [3.8, 4) is 5.75 Å². The Morgan fingerprint density at radius 2 is 2.00 bits per heavy atom. The number of anilines is 1. The number of aromatic nitrogens is 1. The molecule has 36 heavy (non-hydrogen) atoms. The van der Waals surface area contributed by atoms with Crippen LogP contribution in [0, 0.1) is 0 Å². The Morgan fingerprint density at radius 3 is 2.75 bits per heavy atom. The topological polar surface area (TPSA) is 124 Å². The van der Waals surface area contributed by atoms with Gasteiger partial charge in [-0.3, -0.25) is 4.79 Å². The van der Waals surface area contributed by atoms with E-state index in [9.17, 15) is 19.8 Å². The summed E-state index contributed by atoms with van der Waals surface area (Å²) in [6.45, 7) is 4.53. The van der Waals surface area contributed by atoms with Gasteiger partial charge in [0.05, 0.1) is 11.0 Å². The minimum atomic E-state index is -0.951. The molecule has 1 amide bonds. The van der Waals surface area contributed by atoms with Gasteiger partial charge in [-0.2, -0.15) is 0 Å². The van der Waals surface area contributed by atoms with Gasteiger partial charge in [-0.25, -0.2) is 4.79 Å². The smallest absolute Gasteiger partial charge is 0.335 e. The lowest BCUT2D eigenvalue weighted by molar-refractivity contribution is -0.120. The number of ether oxygens (including phenoxy) is 1. The molecule has 1 spiro atoms. The van der Waals surface area contributed by atoms with E-state index in [2.05, 4.69) is 15.6 Å². The molecule has 5 rings (SSSR count). The molecule has 8 nitrogen and oxygen atoms in total. The first-order chi connectivity index (χ1) is 17.2. The van der Waals surface area contributed by atoms with Crippen LogP contribution in [-0.2, 0) is 16.6 Å². The number of β-amino-alcohol motifs (C(OH)–C–C–N with tert-alkyl or cyclic N) is 1. The summed E-state index contributed by atoms with van der Waals surface area (Å²) < 4.78 is 6.07. The first-order valence-corrected chi connectivity index (χ1v) is 12.5. The largest absolute Gasteiger partial charge is 0.490 e. The van der Waals surface area contributed by atoms with E-state index >= 15 is 0 Å². The molecule has 1 aliphatic heterocycles. The maximum absolute atomic E-state index is 12.8. The van der Waals surface area contributed by atoms with Gasteiger partial charge in [-0.1, -0.05) is 18.9 Å². The lowest BCUT2D eigenvalue weighted by atomic mass is 9.79. The average Bonchev–Trinajstić information content (AvgIpc) is 3.55. The predicted molar refractivity (Wildman–Crippen MR) is 138 cm³/mol. The van der Waals surface area contributed by atoms with Crippen molar-refractivity contribution in [2.75, 3.05) is 18.5 Å². The van der Waals surface area contributed by atoms with Crippen LogP contribution >= 0.6 is 0 Å². The molecule has 190 valence electrons. The van der Waals surface area contributed by atoms with Gasteiger partial charge in [0, 0.05) is 40.4 Å². The van der Waals surface area contributed by atoms with Crippen LogP contribution < -0.4 is 15.4 Å². The van der Waals surface area contributed by atoms with E-state index in [0.29, 0.717) is 18.7 Å². The molecule has 2 aromatic carbocycles. The molecule has 5 N–H and O–H groups in total. The van der Waals surface area contributed by atoms with E-state index < -0.39 is 17.5 Å². The minimum absolute atomic E-state index is 0.0581. The number of aromatic amines is 1. The number of carboxylic acids is 1. The Labute approximate surface area is 210 Å². The summed E-state index contributed by atoms with van der Waals surface area (Å²) in [4.78, 5) is 27.3. The fourth-order valence-electron chi connectivity index (χ4n) is 5.70. The lowest BCUT2D eigenvalue weighted by Crippen LogP contribution is -2.46. The fourth-order valence-corrected chi connectivity index (χ4v) is 5.70. The van der Waals surface area contributed by atoms with Crippen LogP contribution in [0.25, 0.3) is 10.9 Å². The lowest BCUT2D eigenvalue weighted by Gasteiger charge is -2.28. The summed E-state index contributed by atoms with van der Waals surface area (Å²) in [5.41, 5.74) is 3.05. The molecule has 1 atom stereocenters. The molecular weight excluding hydrogens is 458 g/mol. The molecule has 0 bridgehead atoms. The van der Waals surface area contributed by atoms with Crippen LogP contribution in [-0.4, -0.2) is 51.9 Å². The number of aliphatic hydroxyl groups is 1. The highest BCUT2D eigenvalue weighted by atomic mass is 16.5. The number of fused-ring (bicyclic) bond motifs is 3. The zero-order valence-corrected chi connectivity index (χ0v) is 20.7. The summed E-state index contributed by atoms with van der Waals surface area (Å²) in [5.74, 6) is -0.227. The van der Waals surface area contributed by atoms with E-state index in [0.717, 1.165) is 53.4 Å². The SMILES string of the molecule is CC(C)(Cc1c[nH]c2ccc(C(=O)O)cc12)NC[C@H](O)COc1cccc2c1C1(CCCC1)C(=O)N2. The standard InChI is InChI=1S/C28H33N3O5/c1-27(2,13-18-14-29-21-9-8-17(25(33)34)12-20(18)21)30-15-19(32)16-36-23-7-5-6-22-24(23)28(26(35)31-22)10-3-4-11-28/h5-9,12,14,19,29-30,32H,3-4,10-11,13,15-16H2,1-2H3,(H,31,35)(H,33,34)/t19-/m0/s1. The average molecular weight is 492 g/mol. The van der Waals surface area contributed by atoms with Gasteiger partial charge in [-0.05, 0) is 69.0 Å². The summed E-state index contributed by atoms with van der Waals surface area (Å²) >= 11 is 0. The van der Waals surface area contributed by atoms with E-state index in [1.54, 1.807) is 18.2 Å². The van der Waals surface area contributed by atoms with Crippen molar-refractivity contribution in [1.82, 2.24) is 10.3 Å². The number of carbonyl (C=O) groups is 2. The highest BCUT2D eigenvalue weighted by molar-refractivity contribution is 6.07. The molecule has 1 aromatic heterocycles. The summed E-state index contributed by atoms with van der Waals surface area (Å²) in [6.07, 6.45) is 5.51. The molecule has 3 aromatic rings. The normalized spacial score (nSPS) is 17.4. The number of rotatable bonds is 9. The molecule has 0 unspecified atom stereocenters. The van der Waals surface area contributed by atoms with E-state index in [-0.39, 0.29) is 23.6 Å². The Balaban J connectivity index is 1.21. The van der Waals surface area contributed by atoms with Gasteiger partial charge in [-0.15, -0.1) is 0 Å². The molecule has 0 radical (unpaired) electrons. The number of H-pyrrole nitrogens is 1. The van der Waals surface area contributed by atoms with Crippen LogP contribution in [0.1, 0.15) is 61.0 Å². The third kappa shape index (κ3) is 4.47. The second-order valence-electron chi connectivity index (χ2n) is 10.7. The Hall–Kier alpha value is -3.36. The molecule has 2 heterocycles. The highest BCUT2D eigenvalue weighted by Crippen LogP contribution is 2.52. The number of amides is 1. The molecule has 2 aliphatic rings. The molecule has 1 fully saturated rings. The summed E-state index contributed by atoms with van der Waals surface area (Å²) in [5, 5.41) is 27.3. The number of nitrogens with one attached hydrogen (secondary N) is 3. The summed E-state index contributed by atoms with van der Waals surface area (Å²) in [6, 6.07) is 10.7. The van der Waals surface area contributed by atoms with Crippen molar-refractivity contribution >= 4 is 28.5 Å². The zero-order chi connectivity index (χ0) is 25.5. The van der Waals surface area contributed by atoms with Crippen molar-refractivity contribution in [1.29, 1.82) is 0 Å². The Kier molecular flexibility index (Phi) is 6.26. The number of hydrogen-bond donors (Lipinski definition) is 5. The van der Waals surface area contributed by atoms with Crippen LogP contribution in [0.2, 0.25) is 0 Å². The number of carbonyl (C=O) groups excluding carboxylic acids is 1. The third-order valence-electron chi connectivity index (χ3n) is 7.54. The second kappa shape index (κ2) is 9.26. The van der Waals surface area contributed by atoms with Crippen molar-refractivity contribution < 1.29 is 24.5 Å². The molecular formula is C28H33N3O5. The van der Waals surface area contributed by atoms with Crippen LogP contribution in [0.5, 0.6) is 5.75 Å². The highest BCUT2D eigenvalue weighted by Gasteiger charge is 2.50. The molecule has 0 saturated heterocycles. The summed E-state index contributed by atoms with van der Waals surface area (Å²) in [7, 11) is 0. The quantitative estimate of drug-likeness (QED) is 0.309. The minimum Gasteiger partial charge on any atom is -0.490 e. The first kappa shape index (κ1) is 24.3. The van der Waals surface area contributed by atoms with Gasteiger partial charge in [0.2, 0.25) is 5.91 Å². The number of carboxylic acid groups (broad SMARTS) is 1. The third-order valence-corrected chi connectivity index (χ3v) is 7.54. The molecule has 1 aliphatic carbocycles. The van der Waals surface area contributed by atoms with E-state index in [1.165, 1.54) is 0 Å². The Bertz CT molecular complexity index is 1310. The maximum Gasteiger partial charge on any atom is 0.335 e. The van der Waals surface area contributed by atoms with Gasteiger partial charge in [0.15, 0.2) is 0 Å². The van der Waals surface area contributed by atoms with Crippen molar-refractivity contribution in [3.05, 3.63) is 59.3 Å². The number of hydrogen-bond acceptors (Lipinski definition) is 5. The van der Waals surface area contributed by atoms with Crippen LogP contribution in [0.4, 0.5) is 5.69 Å². The molecule has 8 heteroatoms. The number of aliphatic hydroxyl groups excluding tert-OH is 1. The van der Waals surface area contributed by atoms with Crippen LogP contribution in [0.3, 0.4) is 0 Å². The zero-order valence-electron chi connectivity index (χ0n) is 20.7. The van der Waals surface area contributed by atoms with E-state index in [1.807, 2.05) is 38.2 Å². The first-order valence-electron chi connectivity index (χ1n) is 12.5.